The molecule has 1 N–H and O–H groups in total. The van der Waals surface area contributed by atoms with Gasteiger partial charge in [-0.1, -0.05) is 24.3 Å². The minimum absolute atomic E-state index is 0.124. The Morgan fingerprint density at radius 3 is 2.85 bits per heavy atom. The molecule has 1 aromatic carbocycles. The van der Waals surface area contributed by atoms with Gasteiger partial charge in [-0.3, -0.25) is 4.79 Å². The maximum atomic E-state index is 14.0. The lowest BCUT2D eigenvalue weighted by atomic mass is 9.93. The first kappa shape index (κ1) is 12.6. The Bertz CT molecular complexity index is 700. The number of halogens is 1. The molecule has 0 radical (unpaired) electrons. The number of carbonyl (C=O) groups is 1. The van der Waals surface area contributed by atoms with Gasteiger partial charge >= 0.3 is 0 Å². The number of hydrogen-bond donors (Lipinski definition) is 1. The molecule has 3 rings (SSSR count). The van der Waals surface area contributed by atoms with Crippen molar-refractivity contribution in [2.24, 2.45) is 0 Å². The zero-order chi connectivity index (χ0) is 14.3. The Labute approximate surface area is 115 Å². The molecule has 0 saturated heterocycles. The summed E-state index contributed by atoms with van der Waals surface area (Å²) >= 11 is 0. The monoisotopic (exact) mass is 272 g/mol. The summed E-state index contributed by atoms with van der Waals surface area (Å²) in [6, 6.07) is 7.40. The maximum Gasteiger partial charge on any atom is 0.231 e. The van der Waals surface area contributed by atoms with Gasteiger partial charge in [-0.25, -0.2) is 9.37 Å². The quantitative estimate of drug-likeness (QED) is 0.868. The van der Waals surface area contributed by atoms with Gasteiger partial charge in [-0.15, -0.1) is 0 Å². The molecule has 0 aliphatic carbocycles. The van der Waals surface area contributed by atoms with Crippen LogP contribution < -0.4 is 10.1 Å². The predicted octanol–water partition coefficient (Wildman–Crippen LogP) is 2.95. The number of fused-ring (bicyclic) bond motifs is 3. The molecular formula is C15H13FN2O2. The Kier molecular flexibility index (Phi) is 2.89. The summed E-state index contributed by atoms with van der Waals surface area (Å²) in [6.45, 7) is 1.79. The smallest absolute Gasteiger partial charge is 0.231 e. The van der Waals surface area contributed by atoms with E-state index < -0.39 is 5.82 Å². The molecule has 102 valence electrons. The third-order valence-corrected chi connectivity index (χ3v) is 3.53. The fourth-order valence-corrected chi connectivity index (χ4v) is 2.47. The van der Waals surface area contributed by atoms with Gasteiger partial charge in [0.2, 0.25) is 11.8 Å². The number of benzene rings is 1. The van der Waals surface area contributed by atoms with Crippen LogP contribution in [-0.4, -0.2) is 18.0 Å². The van der Waals surface area contributed by atoms with E-state index in [9.17, 15) is 9.18 Å². The number of aromatic nitrogens is 1. The Morgan fingerprint density at radius 1 is 1.35 bits per heavy atom. The topological polar surface area (TPSA) is 51.2 Å². The summed E-state index contributed by atoms with van der Waals surface area (Å²) in [6.07, 6.45) is 1.05. The molecule has 1 unspecified atom stereocenters. The highest BCUT2D eigenvalue weighted by atomic mass is 19.1. The van der Waals surface area contributed by atoms with Crippen molar-refractivity contribution >= 4 is 11.6 Å². The lowest BCUT2D eigenvalue weighted by molar-refractivity contribution is -0.117. The minimum Gasteiger partial charge on any atom is -0.480 e. The molecule has 4 nitrogen and oxygen atoms in total. The van der Waals surface area contributed by atoms with Crippen LogP contribution in [0.25, 0.3) is 11.1 Å². The Morgan fingerprint density at radius 2 is 2.10 bits per heavy atom. The molecule has 2 heterocycles. The van der Waals surface area contributed by atoms with E-state index in [4.69, 9.17) is 4.74 Å². The largest absolute Gasteiger partial charge is 0.480 e. The zero-order valence-electron chi connectivity index (χ0n) is 11.1. The molecule has 1 aromatic heterocycles. The van der Waals surface area contributed by atoms with Gasteiger partial charge in [0, 0.05) is 0 Å². The molecule has 1 atom stereocenters. The second-order valence-electron chi connectivity index (χ2n) is 4.66. The van der Waals surface area contributed by atoms with E-state index in [1.807, 2.05) is 24.3 Å². The third kappa shape index (κ3) is 1.74. The fraction of sp³-hybridized carbons (Fsp3) is 0.200. The highest BCUT2D eigenvalue weighted by Gasteiger charge is 2.29. The van der Waals surface area contributed by atoms with Crippen LogP contribution >= 0.6 is 0 Å². The summed E-state index contributed by atoms with van der Waals surface area (Å²) in [5, 5.41) is 2.63. The van der Waals surface area contributed by atoms with Crippen molar-refractivity contribution in [1.29, 1.82) is 0 Å². The van der Waals surface area contributed by atoms with Crippen molar-refractivity contribution in [1.82, 2.24) is 4.98 Å². The molecule has 0 spiro atoms. The fourth-order valence-electron chi connectivity index (χ4n) is 2.47. The highest BCUT2D eigenvalue weighted by Crippen LogP contribution is 2.43. The molecule has 1 aliphatic heterocycles. The summed E-state index contributed by atoms with van der Waals surface area (Å²) < 4.78 is 19.3. The first-order valence-electron chi connectivity index (χ1n) is 6.26. The van der Waals surface area contributed by atoms with Gasteiger partial charge in [-0.2, -0.15) is 0 Å². The van der Waals surface area contributed by atoms with Crippen LogP contribution in [0.15, 0.2) is 30.5 Å². The van der Waals surface area contributed by atoms with Crippen molar-refractivity contribution < 1.29 is 13.9 Å². The summed E-state index contributed by atoms with van der Waals surface area (Å²) in [7, 11) is 1.47. The molecule has 0 fully saturated rings. The number of nitrogens with zero attached hydrogens (tertiary/aromatic N) is 1. The zero-order valence-corrected chi connectivity index (χ0v) is 11.1. The van der Waals surface area contributed by atoms with Gasteiger partial charge in [0.05, 0.1) is 30.5 Å². The number of anilines is 1. The van der Waals surface area contributed by atoms with Gasteiger partial charge < -0.3 is 10.1 Å². The summed E-state index contributed by atoms with van der Waals surface area (Å²) in [5.41, 5.74) is 2.20. The van der Waals surface area contributed by atoms with Crippen molar-refractivity contribution in [3.8, 4) is 17.0 Å². The first-order chi connectivity index (χ1) is 9.63. The van der Waals surface area contributed by atoms with Crippen LogP contribution in [0.1, 0.15) is 18.4 Å². The molecule has 0 saturated carbocycles. The number of methoxy groups -OCH3 is 1. The van der Waals surface area contributed by atoms with E-state index in [-0.39, 0.29) is 17.5 Å². The molecule has 1 aliphatic rings. The summed E-state index contributed by atoms with van der Waals surface area (Å²) in [5.74, 6) is -0.896. The van der Waals surface area contributed by atoms with E-state index >= 15 is 0 Å². The lowest BCUT2D eigenvalue weighted by Gasteiger charge is -2.13. The highest BCUT2D eigenvalue weighted by molar-refractivity contribution is 6.04. The van der Waals surface area contributed by atoms with E-state index in [2.05, 4.69) is 10.3 Å². The standard InChI is InChI=1S/C15H13FN2O2/c1-8-9-5-3-4-6-10(9)12-13(18-14(8)19)11(16)7-17-15(12)20-2/h3-8H,1-2H3,(H,18,19). The van der Waals surface area contributed by atoms with Gasteiger partial charge in [0.25, 0.3) is 0 Å². The van der Waals surface area contributed by atoms with E-state index in [0.717, 1.165) is 17.3 Å². The number of carbonyl (C=O) groups excluding carboxylic acids is 1. The Hall–Kier alpha value is -2.43. The number of amides is 1. The molecular weight excluding hydrogens is 259 g/mol. The van der Waals surface area contributed by atoms with Crippen LogP contribution in [0.4, 0.5) is 10.1 Å². The molecule has 5 heteroatoms. The average molecular weight is 272 g/mol. The van der Waals surface area contributed by atoms with Crippen LogP contribution in [-0.2, 0) is 4.79 Å². The normalized spacial score (nSPS) is 16.8. The SMILES string of the molecule is COc1ncc(F)c2c1-c1ccccc1C(C)C(=O)N2. The second-order valence-corrected chi connectivity index (χ2v) is 4.66. The molecule has 2 aromatic rings. The summed E-state index contributed by atoms with van der Waals surface area (Å²) in [4.78, 5) is 16.1. The number of hydrogen-bond acceptors (Lipinski definition) is 3. The van der Waals surface area contributed by atoms with E-state index in [1.165, 1.54) is 7.11 Å². The van der Waals surface area contributed by atoms with Gasteiger partial charge in [0.1, 0.15) is 0 Å². The van der Waals surface area contributed by atoms with Crippen molar-refractivity contribution in [3.05, 3.63) is 41.8 Å². The second kappa shape index (κ2) is 4.59. The van der Waals surface area contributed by atoms with Crippen LogP contribution in [0.3, 0.4) is 0 Å². The Balaban J connectivity index is 2.40. The predicted molar refractivity (Wildman–Crippen MR) is 73.2 cm³/mol. The number of rotatable bonds is 1. The molecule has 1 amide bonds. The third-order valence-electron chi connectivity index (χ3n) is 3.53. The van der Waals surface area contributed by atoms with E-state index in [1.54, 1.807) is 6.92 Å². The number of nitrogens with one attached hydrogen (secondary N) is 1. The first-order valence-corrected chi connectivity index (χ1v) is 6.26. The maximum absolute atomic E-state index is 14.0. The number of pyridine rings is 1. The van der Waals surface area contributed by atoms with Crippen LogP contribution in [0.2, 0.25) is 0 Å². The number of ether oxygens (including phenoxy) is 1. The average Bonchev–Trinajstić information content (AvgIpc) is 2.58. The van der Waals surface area contributed by atoms with Gasteiger partial charge in [-0.05, 0) is 18.1 Å². The van der Waals surface area contributed by atoms with Crippen molar-refractivity contribution in [3.63, 3.8) is 0 Å². The molecule has 0 bridgehead atoms. The van der Waals surface area contributed by atoms with Crippen LogP contribution in [0.5, 0.6) is 5.88 Å². The molecule has 20 heavy (non-hydrogen) atoms. The minimum atomic E-state index is -0.571. The lowest BCUT2D eigenvalue weighted by Crippen LogP contribution is -2.18. The van der Waals surface area contributed by atoms with Crippen LogP contribution in [0, 0.1) is 5.82 Å². The van der Waals surface area contributed by atoms with Gasteiger partial charge in [0.15, 0.2) is 5.82 Å². The van der Waals surface area contributed by atoms with E-state index in [0.29, 0.717) is 11.4 Å². The van der Waals surface area contributed by atoms with Crippen molar-refractivity contribution in [2.45, 2.75) is 12.8 Å². The van der Waals surface area contributed by atoms with Crippen molar-refractivity contribution in [2.75, 3.05) is 12.4 Å².